The Morgan fingerprint density at radius 1 is 0.532 bits per heavy atom. The van der Waals surface area contributed by atoms with E-state index in [-0.39, 0.29) is 5.92 Å². The second-order valence-corrected chi connectivity index (χ2v) is 12.5. The van der Waals surface area contributed by atoms with Gasteiger partial charge in [0.2, 0.25) is 0 Å². The van der Waals surface area contributed by atoms with Crippen molar-refractivity contribution in [3.63, 3.8) is 0 Å². The van der Waals surface area contributed by atoms with Gasteiger partial charge < -0.3 is 28.4 Å². The van der Waals surface area contributed by atoms with Gasteiger partial charge in [0.25, 0.3) is 0 Å². The molecule has 6 heteroatoms. The number of ether oxygens (including phenoxy) is 6. The second kappa shape index (κ2) is 18.0. The molecule has 0 saturated carbocycles. The third-order valence-corrected chi connectivity index (χ3v) is 8.75. The monoisotopic (exact) mass is 636 g/mol. The van der Waals surface area contributed by atoms with E-state index in [2.05, 4.69) is 109 Å². The summed E-state index contributed by atoms with van der Waals surface area (Å²) in [5.41, 5.74) is 5.31. The van der Waals surface area contributed by atoms with Crippen LogP contribution in [0.4, 0.5) is 0 Å². The Labute approximate surface area is 279 Å². The molecule has 0 aliphatic carbocycles. The van der Waals surface area contributed by atoms with E-state index >= 15 is 0 Å². The normalized spacial score (nSPS) is 18.0. The minimum absolute atomic E-state index is 0.173. The van der Waals surface area contributed by atoms with E-state index in [1.54, 1.807) is 0 Å². The Bertz CT molecular complexity index is 1350. The zero-order chi connectivity index (χ0) is 31.9. The van der Waals surface area contributed by atoms with Crippen LogP contribution in [0.5, 0.6) is 11.5 Å². The molecule has 0 aromatic heterocycles. The summed E-state index contributed by atoms with van der Waals surface area (Å²) in [4.78, 5) is 0. The van der Waals surface area contributed by atoms with Gasteiger partial charge >= 0.3 is 0 Å². The molecule has 2 aliphatic heterocycles. The van der Waals surface area contributed by atoms with Crippen molar-refractivity contribution in [1.82, 2.24) is 0 Å². The fourth-order valence-corrected chi connectivity index (χ4v) is 6.06. The Kier molecular flexibility index (Phi) is 12.7. The highest BCUT2D eigenvalue weighted by Gasteiger charge is 2.27. The average Bonchev–Trinajstić information content (AvgIpc) is 4.06. The van der Waals surface area contributed by atoms with Gasteiger partial charge in [-0.3, -0.25) is 0 Å². The van der Waals surface area contributed by atoms with Crippen LogP contribution in [0.25, 0.3) is 0 Å². The van der Waals surface area contributed by atoms with Crippen molar-refractivity contribution in [2.75, 3.05) is 52.9 Å². The summed E-state index contributed by atoms with van der Waals surface area (Å²) >= 11 is 0. The van der Waals surface area contributed by atoms with Crippen molar-refractivity contribution in [3.8, 4) is 11.5 Å². The highest BCUT2D eigenvalue weighted by atomic mass is 16.6. The number of benzene rings is 4. The Morgan fingerprint density at radius 3 is 1.51 bits per heavy atom. The standard InChI is InChI=1S/C41H48O6/c1-3-10-32(11-4-1)12-7-15-40(33-13-5-2-6-14-33)41(34-16-20-36(21-17-34)44-26-8-24-42-28-38-30-46-38)35-18-22-37(23-19-35)45-27-9-25-43-29-39-31-47-39/h1-6,10-11,13-14,16-23,38-41H,7-9,12,15,24-31H2. The lowest BCUT2D eigenvalue weighted by atomic mass is 9.74. The first-order chi connectivity index (χ1) is 23.3. The van der Waals surface area contributed by atoms with Gasteiger partial charge in [-0.05, 0) is 71.7 Å². The third-order valence-electron chi connectivity index (χ3n) is 8.75. The van der Waals surface area contributed by atoms with Crippen LogP contribution >= 0.6 is 0 Å². The largest absolute Gasteiger partial charge is 0.494 e. The molecular weight excluding hydrogens is 588 g/mol. The highest BCUT2D eigenvalue weighted by molar-refractivity contribution is 5.42. The molecule has 4 aromatic carbocycles. The smallest absolute Gasteiger partial charge is 0.119 e. The van der Waals surface area contributed by atoms with Crippen molar-refractivity contribution in [3.05, 3.63) is 131 Å². The van der Waals surface area contributed by atoms with Crippen molar-refractivity contribution in [2.24, 2.45) is 0 Å². The predicted molar refractivity (Wildman–Crippen MR) is 185 cm³/mol. The molecule has 2 heterocycles. The summed E-state index contributed by atoms with van der Waals surface area (Å²) in [6.45, 7) is 5.65. The lowest BCUT2D eigenvalue weighted by molar-refractivity contribution is 0.104. The summed E-state index contributed by atoms with van der Waals surface area (Å²) in [7, 11) is 0. The fraction of sp³-hybridized carbons (Fsp3) is 0.415. The zero-order valence-electron chi connectivity index (χ0n) is 27.3. The van der Waals surface area contributed by atoms with Gasteiger partial charge in [-0.15, -0.1) is 0 Å². The van der Waals surface area contributed by atoms with Crippen LogP contribution in [0.1, 0.15) is 59.8 Å². The molecule has 2 fully saturated rings. The molecule has 0 radical (unpaired) electrons. The number of hydrogen-bond donors (Lipinski definition) is 0. The Morgan fingerprint density at radius 2 is 1.02 bits per heavy atom. The van der Waals surface area contributed by atoms with Gasteiger partial charge in [-0.2, -0.15) is 0 Å². The molecule has 248 valence electrons. The van der Waals surface area contributed by atoms with E-state index in [1.165, 1.54) is 22.3 Å². The molecule has 0 bridgehead atoms. The van der Waals surface area contributed by atoms with Crippen molar-refractivity contribution >= 4 is 0 Å². The molecule has 4 aromatic rings. The lowest BCUT2D eigenvalue weighted by Crippen LogP contribution is -2.14. The first-order valence-corrected chi connectivity index (χ1v) is 17.2. The zero-order valence-corrected chi connectivity index (χ0v) is 27.3. The van der Waals surface area contributed by atoms with Gasteiger partial charge in [0.15, 0.2) is 0 Å². The van der Waals surface area contributed by atoms with Crippen molar-refractivity contribution in [1.29, 1.82) is 0 Å². The fourth-order valence-electron chi connectivity index (χ4n) is 6.06. The molecular formula is C41H48O6. The van der Waals surface area contributed by atoms with Gasteiger partial charge in [-0.1, -0.05) is 84.9 Å². The SMILES string of the molecule is c1ccc(CCCC(c2ccccc2)C(c2ccc(OCCCOCC3CO3)cc2)c2ccc(OCCCOCC3CO3)cc2)cc1. The molecule has 6 rings (SSSR count). The third kappa shape index (κ3) is 11.2. The van der Waals surface area contributed by atoms with Crippen LogP contribution in [0.2, 0.25) is 0 Å². The lowest BCUT2D eigenvalue weighted by Gasteiger charge is -2.29. The number of rotatable bonds is 22. The second-order valence-electron chi connectivity index (χ2n) is 12.5. The predicted octanol–water partition coefficient (Wildman–Crippen LogP) is 7.99. The topological polar surface area (TPSA) is 62.0 Å². The summed E-state index contributed by atoms with van der Waals surface area (Å²) in [6.07, 6.45) is 5.54. The van der Waals surface area contributed by atoms with Crippen LogP contribution in [0.15, 0.2) is 109 Å². The molecule has 2 aliphatic rings. The minimum Gasteiger partial charge on any atom is -0.494 e. The van der Waals surface area contributed by atoms with E-state index in [1.807, 2.05) is 0 Å². The van der Waals surface area contributed by atoms with Gasteiger partial charge in [0, 0.05) is 32.0 Å². The van der Waals surface area contributed by atoms with Crippen LogP contribution in [0, 0.1) is 0 Å². The Hall–Kier alpha value is -3.68. The highest BCUT2D eigenvalue weighted by Crippen LogP contribution is 2.42. The van der Waals surface area contributed by atoms with Crippen LogP contribution in [0.3, 0.4) is 0 Å². The molecule has 3 atom stereocenters. The quantitative estimate of drug-likeness (QED) is 0.0644. The van der Waals surface area contributed by atoms with Crippen molar-refractivity contribution < 1.29 is 28.4 Å². The summed E-state index contributed by atoms with van der Waals surface area (Å²) in [5, 5.41) is 0. The summed E-state index contributed by atoms with van der Waals surface area (Å²) in [5.74, 6) is 2.25. The molecule has 3 unspecified atom stereocenters. The summed E-state index contributed by atoms with van der Waals surface area (Å²) < 4.78 is 33.9. The van der Waals surface area contributed by atoms with Crippen LogP contribution < -0.4 is 9.47 Å². The molecule has 0 N–H and O–H groups in total. The number of aryl methyl sites for hydroxylation is 1. The van der Waals surface area contributed by atoms with Gasteiger partial charge in [-0.25, -0.2) is 0 Å². The average molecular weight is 637 g/mol. The maximum absolute atomic E-state index is 6.08. The first kappa shape index (κ1) is 33.2. The van der Waals surface area contributed by atoms with Crippen LogP contribution in [-0.2, 0) is 25.4 Å². The minimum atomic E-state index is 0.173. The maximum Gasteiger partial charge on any atom is 0.119 e. The van der Waals surface area contributed by atoms with Gasteiger partial charge in [0.05, 0.1) is 39.6 Å². The van der Waals surface area contributed by atoms with E-state index in [0.717, 1.165) is 56.8 Å². The van der Waals surface area contributed by atoms with Crippen molar-refractivity contribution in [2.45, 2.75) is 56.1 Å². The molecule has 6 nitrogen and oxygen atoms in total. The number of hydrogen-bond acceptors (Lipinski definition) is 6. The summed E-state index contributed by atoms with van der Waals surface area (Å²) in [6, 6.07) is 39.2. The Balaban J connectivity index is 1.14. The van der Waals surface area contributed by atoms with Crippen LogP contribution in [-0.4, -0.2) is 65.1 Å². The van der Waals surface area contributed by atoms with Gasteiger partial charge in [0.1, 0.15) is 23.7 Å². The van der Waals surface area contributed by atoms with E-state index in [9.17, 15) is 0 Å². The maximum atomic E-state index is 6.08. The molecule has 2 saturated heterocycles. The molecule has 0 amide bonds. The van der Waals surface area contributed by atoms with E-state index < -0.39 is 0 Å². The molecule has 47 heavy (non-hydrogen) atoms. The first-order valence-electron chi connectivity index (χ1n) is 17.2. The number of epoxide rings is 2. The molecule has 0 spiro atoms. The van der Waals surface area contributed by atoms with E-state index in [4.69, 9.17) is 28.4 Å². The van der Waals surface area contributed by atoms with E-state index in [0.29, 0.717) is 57.8 Å².